The first-order chi connectivity index (χ1) is 14.1. The number of carbonyl (C=O) groups excluding carboxylic acids is 1. The van der Waals surface area contributed by atoms with E-state index in [4.69, 9.17) is 9.84 Å². The number of piperazine rings is 1. The van der Waals surface area contributed by atoms with Gasteiger partial charge in [-0.1, -0.05) is 36.4 Å². The summed E-state index contributed by atoms with van der Waals surface area (Å²) in [6.45, 7) is 4.93. The van der Waals surface area contributed by atoms with Gasteiger partial charge in [-0.25, -0.2) is 0 Å². The molecule has 3 rings (SSSR count). The Balaban J connectivity index is 1.45. The first kappa shape index (κ1) is 20.9. The molecule has 0 bridgehead atoms. The van der Waals surface area contributed by atoms with E-state index >= 15 is 0 Å². The Morgan fingerprint density at radius 1 is 0.966 bits per heavy atom. The highest BCUT2D eigenvalue weighted by atomic mass is 16.5. The summed E-state index contributed by atoms with van der Waals surface area (Å²) in [5, 5.41) is 8.69. The first-order valence-electron chi connectivity index (χ1n) is 10.0. The van der Waals surface area contributed by atoms with Crippen LogP contribution in [0.3, 0.4) is 0 Å². The van der Waals surface area contributed by atoms with Gasteiger partial charge in [0.25, 0.3) is 0 Å². The van der Waals surface area contributed by atoms with Crippen molar-refractivity contribution in [3.8, 4) is 5.75 Å². The first-order valence-corrected chi connectivity index (χ1v) is 10.0. The van der Waals surface area contributed by atoms with Crippen molar-refractivity contribution in [3.63, 3.8) is 0 Å². The number of rotatable bonds is 9. The Morgan fingerprint density at radius 3 is 2.31 bits per heavy atom. The molecule has 6 heteroatoms. The van der Waals surface area contributed by atoms with Gasteiger partial charge in [0, 0.05) is 44.7 Å². The predicted molar refractivity (Wildman–Crippen MR) is 113 cm³/mol. The lowest BCUT2D eigenvalue weighted by Gasteiger charge is -2.36. The van der Waals surface area contributed by atoms with Gasteiger partial charge in [0.05, 0.1) is 19.2 Å². The molecule has 0 spiro atoms. The van der Waals surface area contributed by atoms with E-state index in [-0.39, 0.29) is 18.6 Å². The van der Waals surface area contributed by atoms with Gasteiger partial charge < -0.3 is 14.7 Å². The second-order valence-corrected chi connectivity index (χ2v) is 7.26. The van der Waals surface area contributed by atoms with Crippen molar-refractivity contribution in [2.75, 3.05) is 44.7 Å². The summed E-state index contributed by atoms with van der Waals surface area (Å²) in [6, 6.07) is 15.7. The third-order valence-corrected chi connectivity index (χ3v) is 5.36. The van der Waals surface area contributed by atoms with Crippen LogP contribution >= 0.6 is 0 Å². The van der Waals surface area contributed by atoms with Crippen LogP contribution in [0.15, 0.2) is 48.5 Å². The van der Waals surface area contributed by atoms with Crippen molar-refractivity contribution >= 4 is 17.4 Å². The average molecular weight is 396 g/mol. The number of hydrogen-bond acceptors (Lipinski definition) is 5. The second kappa shape index (κ2) is 10.1. The number of aliphatic carboxylic acids is 1. The maximum absolute atomic E-state index is 12.0. The molecule has 0 saturated carbocycles. The molecule has 0 aliphatic carbocycles. The van der Waals surface area contributed by atoms with Gasteiger partial charge in [0.15, 0.2) is 5.78 Å². The van der Waals surface area contributed by atoms with E-state index < -0.39 is 5.97 Å². The Hall–Kier alpha value is -2.86. The van der Waals surface area contributed by atoms with Crippen molar-refractivity contribution in [2.24, 2.45) is 0 Å². The van der Waals surface area contributed by atoms with Gasteiger partial charge in [-0.2, -0.15) is 0 Å². The normalized spacial score (nSPS) is 14.6. The highest BCUT2D eigenvalue weighted by Gasteiger charge is 2.19. The molecule has 0 amide bonds. The number of ketones is 1. The molecule has 1 heterocycles. The third kappa shape index (κ3) is 5.81. The SMILES string of the molecule is COc1ccccc1N1CCN(CCc2ccc(C(=O)CCC(=O)O)cc2)CC1. The summed E-state index contributed by atoms with van der Waals surface area (Å²) in [4.78, 5) is 27.4. The van der Waals surface area contributed by atoms with Crippen LogP contribution in [0.5, 0.6) is 5.75 Å². The van der Waals surface area contributed by atoms with Gasteiger partial charge in [-0.15, -0.1) is 0 Å². The smallest absolute Gasteiger partial charge is 0.303 e. The molecule has 0 atom stereocenters. The summed E-state index contributed by atoms with van der Waals surface area (Å²) < 4.78 is 5.48. The number of para-hydroxylation sites is 2. The monoisotopic (exact) mass is 396 g/mol. The van der Waals surface area contributed by atoms with Crippen LogP contribution < -0.4 is 9.64 Å². The molecule has 2 aromatic rings. The van der Waals surface area contributed by atoms with E-state index in [1.807, 2.05) is 30.3 Å². The molecule has 1 N–H and O–H groups in total. The Labute approximate surface area is 171 Å². The number of hydrogen-bond donors (Lipinski definition) is 1. The zero-order chi connectivity index (χ0) is 20.6. The van der Waals surface area contributed by atoms with Crippen LogP contribution in [-0.2, 0) is 11.2 Å². The van der Waals surface area contributed by atoms with E-state index in [2.05, 4.69) is 15.9 Å². The molecule has 0 aromatic heterocycles. The predicted octanol–water partition coefficient (Wildman–Crippen LogP) is 3.11. The summed E-state index contributed by atoms with van der Waals surface area (Å²) >= 11 is 0. The summed E-state index contributed by atoms with van der Waals surface area (Å²) in [6.07, 6.45) is 0.852. The number of anilines is 1. The van der Waals surface area contributed by atoms with Gasteiger partial charge >= 0.3 is 5.97 Å². The lowest BCUT2D eigenvalue weighted by atomic mass is 10.0. The second-order valence-electron chi connectivity index (χ2n) is 7.26. The lowest BCUT2D eigenvalue weighted by molar-refractivity contribution is -0.136. The highest BCUT2D eigenvalue weighted by molar-refractivity contribution is 5.97. The number of carboxylic acids is 1. The molecule has 1 aliphatic rings. The fourth-order valence-electron chi connectivity index (χ4n) is 3.61. The lowest BCUT2D eigenvalue weighted by Crippen LogP contribution is -2.47. The fraction of sp³-hybridized carbons (Fsp3) is 0.391. The molecule has 1 saturated heterocycles. The maximum atomic E-state index is 12.0. The van der Waals surface area contributed by atoms with E-state index in [1.165, 1.54) is 5.56 Å². The largest absolute Gasteiger partial charge is 0.495 e. The van der Waals surface area contributed by atoms with Gasteiger partial charge in [-0.3, -0.25) is 14.5 Å². The quantitative estimate of drug-likeness (QED) is 0.657. The highest BCUT2D eigenvalue weighted by Crippen LogP contribution is 2.28. The minimum atomic E-state index is -0.944. The number of nitrogens with zero attached hydrogens (tertiary/aromatic N) is 2. The minimum Gasteiger partial charge on any atom is -0.495 e. The van der Waals surface area contributed by atoms with Gasteiger partial charge in [0.2, 0.25) is 0 Å². The van der Waals surface area contributed by atoms with Crippen LogP contribution in [0, 0.1) is 0 Å². The number of carboxylic acid groups (broad SMARTS) is 1. The van der Waals surface area contributed by atoms with Crippen molar-refractivity contribution < 1.29 is 19.4 Å². The fourth-order valence-corrected chi connectivity index (χ4v) is 3.61. The zero-order valence-corrected chi connectivity index (χ0v) is 16.8. The maximum Gasteiger partial charge on any atom is 0.303 e. The molecule has 154 valence electrons. The van der Waals surface area contributed by atoms with Crippen LogP contribution in [-0.4, -0.2) is 61.6 Å². The van der Waals surface area contributed by atoms with Crippen LogP contribution in [0.4, 0.5) is 5.69 Å². The van der Waals surface area contributed by atoms with E-state index in [0.717, 1.165) is 50.6 Å². The molecular formula is C23H28N2O4. The van der Waals surface area contributed by atoms with Crippen LogP contribution in [0.1, 0.15) is 28.8 Å². The number of methoxy groups -OCH3 is 1. The number of carbonyl (C=O) groups is 2. The van der Waals surface area contributed by atoms with Crippen LogP contribution in [0.2, 0.25) is 0 Å². The number of ether oxygens (including phenoxy) is 1. The summed E-state index contributed by atoms with van der Waals surface area (Å²) in [7, 11) is 1.71. The van der Waals surface area contributed by atoms with Crippen LogP contribution in [0.25, 0.3) is 0 Å². The minimum absolute atomic E-state index is 0.0468. The molecule has 0 radical (unpaired) electrons. The molecule has 0 unspecified atom stereocenters. The van der Waals surface area contributed by atoms with Crippen molar-refractivity contribution in [1.82, 2.24) is 4.90 Å². The van der Waals surface area contributed by atoms with Crippen molar-refractivity contribution in [2.45, 2.75) is 19.3 Å². The average Bonchev–Trinajstić information content (AvgIpc) is 2.76. The van der Waals surface area contributed by atoms with Crippen molar-refractivity contribution in [1.29, 1.82) is 0 Å². The molecule has 6 nitrogen and oxygen atoms in total. The van der Waals surface area contributed by atoms with E-state index in [0.29, 0.717) is 5.56 Å². The Bertz CT molecular complexity index is 827. The van der Waals surface area contributed by atoms with E-state index in [1.54, 1.807) is 19.2 Å². The summed E-state index contributed by atoms with van der Waals surface area (Å²) in [5.41, 5.74) is 2.92. The van der Waals surface area contributed by atoms with Gasteiger partial charge in [-0.05, 0) is 24.1 Å². The topological polar surface area (TPSA) is 70.1 Å². The molecule has 1 aliphatic heterocycles. The Kier molecular flexibility index (Phi) is 7.25. The standard InChI is InChI=1S/C23H28N2O4/c1-29-22-5-3-2-4-20(22)25-16-14-24(15-17-25)13-12-18-6-8-19(9-7-18)21(26)10-11-23(27)28/h2-9H,10-17H2,1H3,(H,27,28). The van der Waals surface area contributed by atoms with Crippen molar-refractivity contribution in [3.05, 3.63) is 59.7 Å². The van der Waals surface area contributed by atoms with Gasteiger partial charge in [0.1, 0.15) is 5.75 Å². The molecule has 2 aromatic carbocycles. The summed E-state index contributed by atoms with van der Waals surface area (Å²) in [5.74, 6) is -0.147. The molecule has 29 heavy (non-hydrogen) atoms. The third-order valence-electron chi connectivity index (χ3n) is 5.36. The molecule has 1 fully saturated rings. The molecular weight excluding hydrogens is 368 g/mol. The number of benzene rings is 2. The van der Waals surface area contributed by atoms with E-state index in [9.17, 15) is 9.59 Å². The number of Topliss-reactive ketones (excluding diaryl/α,β-unsaturated/α-hetero) is 1. The Morgan fingerprint density at radius 2 is 1.66 bits per heavy atom. The zero-order valence-electron chi connectivity index (χ0n) is 16.8.